The van der Waals surface area contributed by atoms with Gasteiger partial charge in [-0.1, -0.05) is 23.7 Å². The van der Waals surface area contributed by atoms with Crippen LogP contribution in [0.25, 0.3) is 0 Å². The molecule has 0 aliphatic heterocycles. The first-order valence-electron chi connectivity index (χ1n) is 5.17. The first-order chi connectivity index (χ1) is 8.56. The summed E-state index contributed by atoms with van der Waals surface area (Å²) in [7, 11) is 0. The Hall–Kier alpha value is -2.07. The second-order valence-electron chi connectivity index (χ2n) is 3.70. The van der Waals surface area contributed by atoms with Crippen molar-refractivity contribution in [2.24, 2.45) is 0 Å². The number of hydrogen-bond acceptors (Lipinski definition) is 3. The van der Waals surface area contributed by atoms with Gasteiger partial charge in [0, 0.05) is 11.4 Å². The minimum absolute atomic E-state index is 0.0346. The highest BCUT2D eigenvalue weighted by Gasteiger charge is 2.15. The average Bonchev–Trinajstić information content (AvgIpc) is 2.78. The van der Waals surface area contributed by atoms with E-state index in [9.17, 15) is 9.59 Å². The van der Waals surface area contributed by atoms with Gasteiger partial charge in [0.15, 0.2) is 5.76 Å². The number of hydrogen-bond donors (Lipinski definition) is 1. The van der Waals surface area contributed by atoms with Crippen LogP contribution in [0.3, 0.4) is 0 Å². The quantitative estimate of drug-likeness (QED) is 0.862. The highest BCUT2D eigenvalue weighted by molar-refractivity contribution is 6.30. The van der Waals surface area contributed by atoms with Crippen LogP contribution in [-0.2, 0) is 6.42 Å². The van der Waals surface area contributed by atoms with Gasteiger partial charge in [0.25, 0.3) is 0 Å². The van der Waals surface area contributed by atoms with Gasteiger partial charge in [0.2, 0.25) is 11.5 Å². The topological polar surface area (TPSA) is 67.5 Å². The molecular weight excluding hydrogens is 256 g/mol. The number of furan rings is 1. The number of carboxylic acid groups (broad SMARTS) is 1. The monoisotopic (exact) mass is 264 g/mol. The SMILES string of the molecule is O=C(O)c1ccc(C(=O)Cc2cccc(Cl)c2)o1. The van der Waals surface area contributed by atoms with E-state index in [1.807, 2.05) is 0 Å². The second-order valence-corrected chi connectivity index (χ2v) is 4.14. The fraction of sp³-hybridized carbons (Fsp3) is 0.0769. The van der Waals surface area contributed by atoms with Gasteiger partial charge in [-0.15, -0.1) is 0 Å². The Morgan fingerprint density at radius 2 is 1.89 bits per heavy atom. The van der Waals surface area contributed by atoms with E-state index in [4.69, 9.17) is 21.1 Å². The van der Waals surface area contributed by atoms with E-state index in [2.05, 4.69) is 0 Å². The fourth-order valence-corrected chi connectivity index (χ4v) is 1.74. The molecule has 92 valence electrons. The molecule has 1 N–H and O–H groups in total. The highest BCUT2D eigenvalue weighted by Crippen LogP contribution is 2.15. The Labute approximate surface area is 108 Å². The van der Waals surface area contributed by atoms with Gasteiger partial charge in [-0.2, -0.15) is 0 Å². The molecule has 4 nitrogen and oxygen atoms in total. The van der Waals surface area contributed by atoms with Crippen molar-refractivity contribution in [1.82, 2.24) is 0 Å². The normalized spacial score (nSPS) is 10.3. The number of Topliss-reactive ketones (excluding diaryl/α,β-unsaturated/α-hetero) is 1. The minimum Gasteiger partial charge on any atom is -0.475 e. The Morgan fingerprint density at radius 1 is 1.17 bits per heavy atom. The third-order valence-electron chi connectivity index (χ3n) is 2.35. The Bertz CT molecular complexity index is 601. The molecule has 0 aliphatic carbocycles. The first-order valence-corrected chi connectivity index (χ1v) is 5.55. The van der Waals surface area contributed by atoms with E-state index >= 15 is 0 Å². The molecule has 5 heteroatoms. The molecule has 1 aromatic heterocycles. The van der Waals surface area contributed by atoms with E-state index in [1.165, 1.54) is 12.1 Å². The summed E-state index contributed by atoms with van der Waals surface area (Å²) in [4.78, 5) is 22.4. The number of halogens is 1. The van der Waals surface area contributed by atoms with Crippen LogP contribution in [-0.4, -0.2) is 16.9 Å². The van der Waals surface area contributed by atoms with E-state index in [0.717, 1.165) is 5.56 Å². The van der Waals surface area contributed by atoms with Gasteiger partial charge in [-0.3, -0.25) is 4.79 Å². The number of benzene rings is 1. The molecule has 0 unspecified atom stereocenters. The number of rotatable bonds is 4. The summed E-state index contributed by atoms with van der Waals surface area (Å²) in [6.07, 6.45) is 0.118. The lowest BCUT2D eigenvalue weighted by Crippen LogP contribution is -2.02. The second kappa shape index (κ2) is 5.06. The predicted octanol–water partition coefficient (Wildman–Crippen LogP) is 3.06. The summed E-state index contributed by atoms with van der Waals surface area (Å²) in [6, 6.07) is 9.52. The van der Waals surface area contributed by atoms with Crippen LogP contribution < -0.4 is 0 Å². The van der Waals surface area contributed by atoms with Crippen molar-refractivity contribution in [3.8, 4) is 0 Å². The van der Waals surface area contributed by atoms with E-state index in [-0.39, 0.29) is 23.7 Å². The molecule has 0 aliphatic rings. The van der Waals surface area contributed by atoms with E-state index in [0.29, 0.717) is 5.02 Å². The van der Waals surface area contributed by atoms with Gasteiger partial charge < -0.3 is 9.52 Å². The van der Waals surface area contributed by atoms with Crippen molar-refractivity contribution in [3.05, 3.63) is 58.5 Å². The molecule has 2 aromatic rings. The molecule has 1 aromatic carbocycles. The Balaban J connectivity index is 2.14. The third kappa shape index (κ3) is 2.78. The molecular formula is C13H9ClO4. The zero-order valence-electron chi connectivity index (χ0n) is 9.22. The average molecular weight is 265 g/mol. The zero-order chi connectivity index (χ0) is 13.1. The molecule has 0 saturated heterocycles. The van der Waals surface area contributed by atoms with Gasteiger partial charge in [-0.25, -0.2) is 4.79 Å². The van der Waals surface area contributed by atoms with Crippen LogP contribution in [0, 0.1) is 0 Å². The Morgan fingerprint density at radius 3 is 2.50 bits per heavy atom. The van der Waals surface area contributed by atoms with E-state index < -0.39 is 5.97 Å². The maximum Gasteiger partial charge on any atom is 0.371 e. The predicted molar refractivity (Wildman–Crippen MR) is 65.2 cm³/mol. The number of ketones is 1. The van der Waals surface area contributed by atoms with Crippen LogP contribution in [0.4, 0.5) is 0 Å². The summed E-state index contributed by atoms with van der Waals surface area (Å²) in [5, 5.41) is 9.23. The van der Waals surface area contributed by atoms with Crippen molar-refractivity contribution in [3.63, 3.8) is 0 Å². The standard InChI is InChI=1S/C13H9ClO4/c14-9-3-1-2-8(6-9)7-10(15)11-4-5-12(18-11)13(16)17/h1-6H,7H2,(H,16,17). The first kappa shape index (κ1) is 12.4. The summed E-state index contributed by atoms with van der Waals surface area (Å²) in [6.45, 7) is 0. The molecule has 0 fully saturated rings. The lowest BCUT2D eigenvalue weighted by molar-refractivity contribution is 0.0660. The lowest BCUT2D eigenvalue weighted by Gasteiger charge is -1.99. The van der Waals surface area contributed by atoms with Crippen LogP contribution in [0.15, 0.2) is 40.8 Å². The summed E-state index contributed by atoms with van der Waals surface area (Å²) < 4.78 is 4.93. The van der Waals surface area contributed by atoms with E-state index in [1.54, 1.807) is 24.3 Å². The molecule has 18 heavy (non-hydrogen) atoms. The number of carbonyl (C=O) groups excluding carboxylic acids is 1. The molecule has 0 amide bonds. The van der Waals surface area contributed by atoms with Crippen LogP contribution >= 0.6 is 11.6 Å². The number of carboxylic acids is 1. The van der Waals surface area contributed by atoms with Gasteiger partial charge in [0.1, 0.15) is 0 Å². The van der Waals surface area contributed by atoms with Gasteiger partial charge >= 0.3 is 5.97 Å². The van der Waals surface area contributed by atoms with Crippen molar-refractivity contribution < 1.29 is 19.1 Å². The van der Waals surface area contributed by atoms with Gasteiger partial charge in [0.05, 0.1) is 0 Å². The number of carbonyl (C=O) groups is 2. The molecule has 2 rings (SSSR count). The largest absolute Gasteiger partial charge is 0.475 e. The summed E-state index contributed by atoms with van der Waals surface area (Å²) >= 11 is 5.81. The smallest absolute Gasteiger partial charge is 0.371 e. The van der Waals surface area contributed by atoms with Crippen LogP contribution in [0.1, 0.15) is 26.7 Å². The van der Waals surface area contributed by atoms with Gasteiger partial charge in [-0.05, 0) is 29.8 Å². The molecule has 1 heterocycles. The summed E-state index contributed by atoms with van der Waals surface area (Å²) in [5.41, 5.74) is 0.751. The van der Waals surface area contributed by atoms with Crippen LogP contribution in [0.5, 0.6) is 0 Å². The maximum absolute atomic E-state index is 11.8. The van der Waals surface area contributed by atoms with Crippen LogP contribution in [0.2, 0.25) is 5.02 Å². The van der Waals surface area contributed by atoms with Crippen molar-refractivity contribution in [2.75, 3.05) is 0 Å². The molecule has 0 spiro atoms. The van der Waals surface area contributed by atoms with Crippen molar-refractivity contribution >= 4 is 23.4 Å². The lowest BCUT2D eigenvalue weighted by atomic mass is 10.1. The Kier molecular flexibility index (Phi) is 3.48. The summed E-state index contributed by atoms with van der Waals surface area (Å²) in [5.74, 6) is -1.70. The molecule has 0 bridgehead atoms. The van der Waals surface area contributed by atoms with Crippen molar-refractivity contribution in [2.45, 2.75) is 6.42 Å². The molecule has 0 atom stereocenters. The zero-order valence-corrected chi connectivity index (χ0v) is 9.98. The molecule has 0 saturated carbocycles. The van der Waals surface area contributed by atoms with Crippen molar-refractivity contribution in [1.29, 1.82) is 0 Å². The third-order valence-corrected chi connectivity index (χ3v) is 2.58. The highest BCUT2D eigenvalue weighted by atomic mass is 35.5. The fourth-order valence-electron chi connectivity index (χ4n) is 1.52. The minimum atomic E-state index is -1.20. The number of aromatic carboxylic acids is 1. The molecule has 0 radical (unpaired) electrons. The maximum atomic E-state index is 11.8.